The van der Waals surface area contributed by atoms with Gasteiger partial charge in [-0.1, -0.05) is 42.4 Å². The summed E-state index contributed by atoms with van der Waals surface area (Å²) >= 11 is 6.22. The van der Waals surface area contributed by atoms with Crippen molar-refractivity contribution in [1.29, 1.82) is 0 Å². The number of hydrogen-bond acceptors (Lipinski definition) is 3. The number of imidazole rings is 1. The molecule has 0 atom stereocenters. The molecule has 1 aromatic heterocycles. The number of hydrogen-bond donors (Lipinski definition) is 2. The van der Waals surface area contributed by atoms with Gasteiger partial charge in [0.1, 0.15) is 0 Å². The van der Waals surface area contributed by atoms with Gasteiger partial charge in [0.2, 0.25) is 5.95 Å². The highest BCUT2D eigenvalue weighted by atomic mass is 35.5. The minimum absolute atomic E-state index is 0.326. The molecule has 3 aromatic rings. The Kier molecular flexibility index (Phi) is 4.04. The lowest BCUT2D eigenvalue weighted by atomic mass is 9.99. The monoisotopic (exact) mass is 327 g/mol. The number of benzene rings is 2. The summed E-state index contributed by atoms with van der Waals surface area (Å²) in [6.07, 6.45) is -0.579. The third-order valence-electron chi connectivity index (χ3n) is 3.44. The van der Waals surface area contributed by atoms with Crippen LogP contribution >= 0.6 is 11.6 Å². The normalized spacial score (nSPS) is 10.5. The molecule has 0 fully saturated rings. The van der Waals surface area contributed by atoms with Gasteiger partial charge >= 0.3 is 6.09 Å². The molecular weight excluding hydrogens is 314 g/mol. The number of nitrogens with zero attached hydrogens (tertiary/aromatic N) is 1. The van der Waals surface area contributed by atoms with Crippen molar-refractivity contribution in [1.82, 2.24) is 9.97 Å². The van der Waals surface area contributed by atoms with E-state index in [4.69, 9.17) is 11.6 Å². The maximum absolute atomic E-state index is 11.2. The standard InChI is InChI=1S/C17H14ClN3O2/c1-10(12-5-3-4-6-13(12)18)11-7-8-14-15(9-11)20-16(19-14)21-17(22)23-2/h3-9H,1H2,2H3,(H2,19,20,21,22). The van der Waals surface area contributed by atoms with E-state index in [1.165, 1.54) is 7.11 Å². The van der Waals surface area contributed by atoms with Crippen molar-refractivity contribution in [2.75, 3.05) is 12.4 Å². The Morgan fingerprint density at radius 1 is 1.30 bits per heavy atom. The Hall–Kier alpha value is -2.79. The highest BCUT2D eigenvalue weighted by molar-refractivity contribution is 6.32. The van der Waals surface area contributed by atoms with Gasteiger partial charge in [0, 0.05) is 10.6 Å². The first kappa shape index (κ1) is 15.1. The van der Waals surface area contributed by atoms with Crippen LogP contribution in [0.1, 0.15) is 11.1 Å². The van der Waals surface area contributed by atoms with E-state index in [1.54, 1.807) is 0 Å². The van der Waals surface area contributed by atoms with Crippen LogP contribution in [0.3, 0.4) is 0 Å². The van der Waals surface area contributed by atoms with E-state index in [1.807, 2.05) is 42.5 Å². The highest BCUT2D eigenvalue weighted by Gasteiger charge is 2.10. The van der Waals surface area contributed by atoms with E-state index in [9.17, 15) is 4.79 Å². The van der Waals surface area contributed by atoms with Gasteiger partial charge in [0.25, 0.3) is 0 Å². The lowest BCUT2D eigenvalue weighted by molar-refractivity contribution is 0.186. The molecule has 3 rings (SSSR count). The first-order chi connectivity index (χ1) is 11.1. The van der Waals surface area contributed by atoms with E-state index in [2.05, 4.69) is 26.6 Å². The number of H-pyrrole nitrogens is 1. The summed E-state index contributed by atoms with van der Waals surface area (Å²) in [7, 11) is 1.30. The summed E-state index contributed by atoms with van der Waals surface area (Å²) in [5, 5.41) is 3.15. The minimum Gasteiger partial charge on any atom is -0.453 e. The van der Waals surface area contributed by atoms with Crippen molar-refractivity contribution < 1.29 is 9.53 Å². The number of ether oxygens (including phenoxy) is 1. The first-order valence-corrected chi connectivity index (χ1v) is 7.25. The molecule has 0 radical (unpaired) electrons. The molecule has 0 aliphatic heterocycles. The second kappa shape index (κ2) is 6.14. The van der Waals surface area contributed by atoms with E-state index in [0.29, 0.717) is 16.5 Å². The van der Waals surface area contributed by atoms with Crippen molar-refractivity contribution in [3.8, 4) is 0 Å². The summed E-state index contributed by atoms with van der Waals surface area (Å²) in [6.45, 7) is 4.12. The number of anilines is 1. The van der Waals surface area contributed by atoms with E-state index in [-0.39, 0.29) is 0 Å². The molecule has 0 spiro atoms. The van der Waals surface area contributed by atoms with Gasteiger partial charge in [0.15, 0.2) is 0 Å². The maximum atomic E-state index is 11.2. The van der Waals surface area contributed by atoms with Crippen LogP contribution in [-0.4, -0.2) is 23.2 Å². The van der Waals surface area contributed by atoms with Crippen molar-refractivity contribution in [2.45, 2.75) is 0 Å². The molecule has 0 saturated heterocycles. The van der Waals surface area contributed by atoms with Gasteiger partial charge in [-0.05, 0) is 29.3 Å². The van der Waals surface area contributed by atoms with Crippen LogP contribution in [0, 0.1) is 0 Å². The third-order valence-corrected chi connectivity index (χ3v) is 3.77. The Balaban J connectivity index is 1.95. The fourth-order valence-electron chi connectivity index (χ4n) is 2.26. The highest BCUT2D eigenvalue weighted by Crippen LogP contribution is 2.29. The van der Waals surface area contributed by atoms with E-state index in [0.717, 1.165) is 22.2 Å². The van der Waals surface area contributed by atoms with Crippen LogP contribution in [0.4, 0.5) is 10.7 Å². The molecule has 23 heavy (non-hydrogen) atoms. The topological polar surface area (TPSA) is 67.0 Å². The number of carbonyl (C=O) groups is 1. The van der Waals surface area contributed by atoms with Crippen LogP contribution < -0.4 is 5.32 Å². The van der Waals surface area contributed by atoms with Crippen molar-refractivity contribution >= 4 is 40.2 Å². The molecule has 6 heteroatoms. The van der Waals surface area contributed by atoms with Crippen LogP contribution in [0.2, 0.25) is 5.02 Å². The molecule has 1 heterocycles. The number of carbonyl (C=O) groups excluding carboxylic acids is 1. The van der Waals surface area contributed by atoms with Crippen LogP contribution in [0.15, 0.2) is 49.0 Å². The van der Waals surface area contributed by atoms with Crippen LogP contribution in [-0.2, 0) is 4.74 Å². The van der Waals surface area contributed by atoms with Crippen LogP contribution in [0.5, 0.6) is 0 Å². The summed E-state index contributed by atoms with van der Waals surface area (Å²) in [4.78, 5) is 18.6. The minimum atomic E-state index is -0.579. The summed E-state index contributed by atoms with van der Waals surface area (Å²) in [5.74, 6) is 0.326. The predicted octanol–water partition coefficient (Wildman–Crippen LogP) is 4.46. The quantitative estimate of drug-likeness (QED) is 0.746. The predicted molar refractivity (Wildman–Crippen MR) is 91.7 cm³/mol. The Morgan fingerprint density at radius 3 is 2.83 bits per heavy atom. The summed E-state index contributed by atoms with van der Waals surface area (Å²) in [6, 6.07) is 13.2. The summed E-state index contributed by atoms with van der Waals surface area (Å²) < 4.78 is 4.54. The number of aromatic nitrogens is 2. The van der Waals surface area contributed by atoms with Crippen LogP contribution in [0.25, 0.3) is 16.6 Å². The molecule has 0 saturated carbocycles. The second-order valence-corrected chi connectivity index (χ2v) is 5.30. The molecule has 116 valence electrons. The second-order valence-electron chi connectivity index (χ2n) is 4.89. The van der Waals surface area contributed by atoms with Gasteiger partial charge in [-0.3, -0.25) is 5.32 Å². The number of nitrogens with one attached hydrogen (secondary N) is 2. The van der Waals surface area contributed by atoms with Crippen molar-refractivity contribution in [2.24, 2.45) is 0 Å². The maximum Gasteiger partial charge on any atom is 0.413 e. The first-order valence-electron chi connectivity index (χ1n) is 6.87. The Labute approximate surface area is 137 Å². The zero-order chi connectivity index (χ0) is 16.4. The van der Waals surface area contributed by atoms with E-state index < -0.39 is 6.09 Å². The zero-order valence-electron chi connectivity index (χ0n) is 12.4. The fourth-order valence-corrected chi connectivity index (χ4v) is 2.51. The van der Waals surface area contributed by atoms with Gasteiger partial charge in [0.05, 0.1) is 18.1 Å². The van der Waals surface area contributed by atoms with Crippen molar-refractivity contribution in [3.63, 3.8) is 0 Å². The van der Waals surface area contributed by atoms with E-state index >= 15 is 0 Å². The van der Waals surface area contributed by atoms with Gasteiger partial charge in [-0.15, -0.1) is 0 Å². The molecule has 2 N–H and O–H groups in total. The smallest absolute Gasteiger partial charge is 0.413 e. The molecular formula is C17H14ClN3O2. The number of fused-ring (bicyclic) bond motifs is 1. The van der Waals surface area contributed by atoms with Gasteiger partial charge in [-0.2, -0.15) is 0 Å². The fraction of sp³-hybridized carbons (Fsp3) is 0.0588. The lowest BCUT2D eigenvalue weighted by Gasteiger charge is -2.08. The molecule has 5 nitrogen and oxygen atoms in total. The molecule has 2 aromatic carbocycles. The Bertz CT molecular complexity index is 902. The van der Waals surface area contributed by atoms with Gasteiger partial charge in [-0.25, -0.2) is 9.78 Å². The SMILES string of the molecule is C=C(c1ccc2[nH]c(NC(=O)OC)nc2c1)c1ccccc1Cl. The van der Waals surface area contributed by atoms with Gasteiger partial charge < -0.3 is 9.72 Å². The zero-order valence-corrected chi connectivity index (χ0v) is 13.1. The number of aromatic amines is 1. The number of halogens is 1. The molecule has 0 bridgehead atoms. The summed E-state index contributed by atoms with van der Waals surface area (Å²) in [5.41, 5.74) is 4.09. The molecule has 0 aliphatic rings. The lowest BCUT2D eigenvalue weighted by Crippen LogP contribution is -2.11. The molecule has 0 unspecified atom stereocenters. The average molecular weight is 328 g/mol. The largest absolute Gasteiger partial charge is 0.453 e. The average Bonchev–Trinajstić information content (AvgIpc) is 2.95. The number of rotatable bonds is 3. The Morgan fingerprint density at radius 2 is 2.09 bits per heavy atom. The number of methoxy groups -OCH3 is 1. The molecule has 1 amide bonds. The third kappa shape index (κ3) is 3.05. The van der Waals surface area contributed by atoms with Crippen molar-refractivity contribution in [3.05, 3.63) is 65.2 Å². The molecule has 0 aliphatic carbocycles. The number of amides is 1.